The van der Waals surface area contributed by atoms with Crippen LogP contribution in [-0.4, -0.2) is 42.5 Å². The molecule has 1 aromatic carbocycles. The molecule has 0 spiro atoms. The van der Waals surface area contributed by atoms with E-state index in [0.29, 0.717) is 18.6 Å². The van der Waals surface area contributed by atoms with E-state index in [1.54, 1.807) is 0 Å². The van der Waals surface area contributed by atoms with Gasteiger partial charge < -0.3 is 20.7 Å². The Morgan fingerprint density at radius 3 is 2.52 bits per heavy atom. The van der Waals surface area contributed by atoms with Crippen molar-refractivity contribution in [1.82, 2.24) is 10.2 Å². The van der Waals surface area contributed by atoms with E-state index in [-0.39, 0.29) is 36.9 Å². The average Bonchev–Trinajstić information content (AvgIpc) is 3.19. The van der Waals surface area contributed by atoms with Crippen molar-refractivity contribution in [2.24, 2.45) is 5.73 Å². The SMILES string of the molecule is CCCC(N)C(=O)NC(CC)c1ccccc1OCC(=O)N1CCCC1.Cl. The summed E-state index contributed by atoms with van der Waals surface area (Å²) in [5.74, 6) is 0.497. The second-order valence-electron chi connectivity index (χ2n) is 6.78. The molecule has 0 saturated carbocycles. The van der Waals surface area contributed by atoms with Crippen LogP contribution in [0.1, 0.15) is 57.6 Å². The van der Waals surface area contributed by atoms with Crippen LogP contribution in [0.2, 0.25) is 0 Å². The first-order valence-electron chi connectivity index (χ1n) is 9.62. The predicted molar refractivity (Wildman–Crippen MR) is 109 cm³/mol. The van der Waals surface area contributed by atoms with Crippen LogP contribution in [0.4, 0.5) is 0 Å². The van der Waals surface area contributed by atoms with Gasteiger partial charge in [0.15, 0.2) is 6.61 Å². The number of benzene rings is 1. The molecule has 0 bridgehead atoms. The molecule has 2 unspecified atom stereocenters. The van der Waals surface area contributed by atoms with Crippen LogP contribution in [0.5, 0.6) is 5.75 Å². The molecule has 2 amide bonds. The number of ether oxygens (including phenoxy) is 1. The highest BCUT2D eigenvalue weighted by molar-refractivity contribution is 5.85. The molecule has 0 aromatic heterocycles. The van der Waals surface area contributed by atoms with Gasteiger partial charge in [0, 0.05) is 18.7 Å². The number of hydrogen-bond acceptors (Lipinski definition) is 4. The molecule has 1 saturated heterocycles. The highest BCUT2D eigenvalue weighted by atomic mass is 35.5. The largest absolute Gasteiger partial charge is 0.483 e. The summed E-state index contributed by atoms with van der Waals surface area (Å²) in [6.07, 6.45) is 4.36. The van der Waals surface area contributed by atoms with Gasteiger partial charge in [-0.05, 0) is 31.7 Å². The van der Waals surface area contributed by atoms with Crippen molar-refractivity contribution in [2.45, 2.75) is 58.0 Å². The summed E-state index contributed by atoms with van der Waals surface area (Å²) in [5.41, 5.74) is 6.80. The maximum absolute atomic E-state index is 12.3. The zero-order valence-electron chi connectivity index (χ0n) is 16.3. The second kappa shape index (κ2) is 11.8. The molecule has 152 valence electrons. The maximum Gasteiger partial charge on any atom is 0.260 e. The summed E-state index contributed by atoms with van der Waals surface area (Å²) in [6, 6.07) is 6.85. The summed E-state index contributed by atoms with van der Waals surface area (Å²) in [4.78, 5) is 26.4. The molecule has 2 rings (SSSR count). The lowest BCUT2D eigenvalue weighted by Gasteiger charge is -2.23. The Bertz CT molecular complexity index is 606. The molecular formula is C20H32ClN3O3. The first kappa shape index (κ1) is 23.2. The third kappa shape index (κ3) is 6.70. The molecule has 1 aromatic rings. The van der Waals surface area contributed by atoms with E-state index in [2.05, 4.69) is 5.32 Å². The summed E-state index contributed by atoms with van der Waals surface area (Å²) in [5, 5.41) is 3.01. The Labute approximate surface area is 168 Å². The smallest absolute Gasteiger partial charge is 0.260 e. The minimum atomic E-state index is -0.501. The van der Waals surface area contributed by atoms with Crippen LogP contribution in [-0.2, 0) is 9.59 Å². The Kier molecular flexibility index (Phi) is 10.2. The monoisotopic (exact) mass is 397 g/mol. The van der Waals surface area contributed by atoms with Gasteiger partial charge in [0.1, 0.15) is 5.75 Å². The van der Waals surface area contributed by atoms with Gasteiger partial charge >= 0.3 is 0 Å². The van der Waals surface area contributed by atoms with Gasteiger partial charge in [0.2, 0.25) is 5.91 Å². The minimum Gasteiger partial charge on any atom is -0.483 e. The lowest BCUT2D eigenvalue weighted by atomic mass is 10.0. The predicted octanol–water partition coefficient (Wildman–Crippen LogP) is 2.80. The summed E-state index contributed by atoms with van der Waals surface area (Å²) in [6.45, 7) is 5.66. The molecule has 1 fully saturated rings. The van der Waals surface area contributed by atoms with E-state index in [1.807, 2.05) is 43.0 Å². The van der Waals surface area contributed by atoms with Crippen molar-refractivity contribution < 1.29 is 14.3 Å². The first-order valence-corrected chi connectivity index (χ1v) is 9.62. The van der Waals surface area contributed by atoms with Crippen LogP contribution in [0.3, 0.4) is 0 Å². The van der Waals surface area contributed by atoms with Crippen LogP contribution < -0.4 is 15.8 Å². The molecule has 1 heterocycles. The number of likely N-dealkylation sites (tertiary alicyclic amines) is 1. The molecular weight excluding hydrogens is 366 g/mol. The number of nitrogens with one attached hydrogen (secondary N) is 1. The summed E-state index contributed by atoms with van der Waals surface area (Å²) >= 11 is 0. The van der Waals surface area contributed by atoms with Crippen molar-refractivity contribution in [3.05, 3.63) is 29.8 Å². The van der Waals surface area contributed by atoms with Gasteiger partial charge in [0.05, 0.1) is 12.1 Å². The third-order valence-electron chi connectivity index (χ3n) is 4.77. The second-order valence-corrected chi connectivity index (χ2v) is 6.78. The highest BCUT2D eigenvalue weighted by Crippen LogP contribution is 2.27. The quantitative estimate of drug-likeness (QED) is 0.671. The van der Waals surface area contributed by atoms with Crippen LogP contribution in [0.15, 0.2) is 24.3 Å². The fourth-order valence-electron chi connectivity index (χ4n) is 3.22. The normalized spacial score (nSPS) is 15.6. The van der Waals surface area contributed by atoms with E-state index in [4.69, 9.17) is 10.5 Å². The van der Waals surface area contributed by atoms with Gasteiger partial charge in [-0.1, -0.05) is 38.5 Å². The standard InChI is InChI=1S/C20H31N3O3.ClH/c1-3-9-16(21)20(25)22-17(4-2)15-10-5-6-11-18(15)26-14-19(24)23-12-7-8-13-23;/h5-6,10-11,16-17H,3-4,7-9,12-14,21H2,1-2H3,(H,22,25);1H. The first-order chi connectivity index (χ1) is 12.6. The Hall–Kier alpha value is -1.79. The van der Waals surface area contributed by atoms with E-state index in [9.17, 15) is 9.59 Å². The molecule has 6 nitrogen and oxygen atoms in total. The maximum atomic E-state index is 12.3. The van der Waals surface area contributed by atoms with Gasteiger partial charge in [-0.25, -0.2) is 0 Å². The van der Waals surface area contributed by atoms with Crippen molar-refractivity contribution in [3.8, 4) is 5.75 Å². The van der Waals surface area contributed by atoms with Gasteiger partial charge in [-0.15, -0.1) is 12.4 Å². The fraction of sp³-hybridized carbons (Fsp3) is 0.600. The Morgan fingerprint density at radius 2 is 1.89 bits per heavy atom. The molecule has 1 aliphatic rings. The number of nitrogens with zero attached hydrogens (tertiary/aromatic N) is 1. The summed E-state index contributed by atoms with van der Waals surface area (Å²) < 4.78 is 5.81. The van der Waals surface area contributed by atoms with Gasteiger partial charge in [-0.2, -0.15) is 0 Å². The number of nitrogens with two attached hydrogens (primary N) is 1. The van der Waals surface area contributed by atoms with Crippen molar-refractivity contribution in [2.75, 3.05) is 19.7 Å². The number of halogens is 1. The fourth-order valence-corrected chi connectivity index (χ4v) is 3.22. The number of para-hydroxylation sites is 1. The molecule has 0 radical (unpaired) electrons. The Morgan fingerprint density at radius 1 is 1.22 bits per heavy atom. The number of carbonyl (C=O) groups excluding carboxylic acids is 2. The van der Waals surface area contributed by atoms with Crippen LogP contribution in [0.25, 0.3) is 0 Å². The van der Waals surface area contributed by atoms with E-state index < -0.39 is 6.04 Å². The van der Waals surface area contributed by atoms with Crippen LogP contribution in [0, 0.1) is 0 Å². The number of hydrogen-bond donors (Lipinski definition) is 2. The Balaban J connectivity index is 0.00000364. The molecule has 27 heavy (non-hydrogen) atoms. The highest BCUT2D eigenvalue weighted by Gasteiger charge is 2.22. The van der Waals surface area contributed by atoms with Gasteiger partial charge in [0.25, 0.3) is 5.91 Å². The zero-order valence-corrected chi connectivity index (χ0v) is 17.1. The topological polar surface area (TPSA) is 84.7 Å². The average molecular weight is 398 g/mol. The number of amides is 2. The molecule has 0 aliphatic carbocycles. The van der Waals surface area contributed by atoms with Crippen molar-refractivity contribution in [1.29, 1.82) is 0 Å². The minimum absolute atomic E-state index is 0. The lowest BCUT2D eigenvalue weighted by Crippen LogP contribution is -2.42. The van der Waals surface area contributed by atoms with Gasteiger partial charge in [-0.3, -0.25) is 9.59 Å². The van der Waals surface area contributed by atoms with E-state index >= 15 is 0 Å². The number of rotatable bonds is 9. The molecule has 1 aliphatic heterocycles. The van der Waals surface area contributed by atoms with Crippen molar-refractivity contribution in [3.63, 3.8) is 0 Å². The van der Waals surface area contributed by atoms with Crippen LogP contribution >= 0.6 is 12.4 Å². The number of carbonyl (C=O) groups is 2. The zero-order chi connectivity index (χ0) is 18.9. The van der Waals surface area contributed by atoms with E-state index in [0.717, 1.165) is 37.9 Å². The third-order valence-corrected chi connectivity index (χ3v) is 4.77. The van der Waals surface area contributed by atoms with E-state index in [1.165, 1.54) is 0 Å². The summed E-state index contributed by atoms with van der Waals surface area (Å²) in [7, 11) is 0. The van der Waals surface area contributed by atoms with Crippen molar-refractivity contribution >= 4 is 24.2 Å². The molecule has 3 N–H and O–H groups in total. The molecule has 2 atom stereocenters. The molecule has 7 heteroatoms. The lowest BCUT2D eigenvalue weighted by molar-refractivity contribution is -0.132.